The van der Waals surface area contributed by atoms with Crippen molar-refractivity contribution < 1.29 is 22.6 Å². The first-order valence-corrected chi connectivity index (χ1v) is 7.44. The number of hydrogen-bond donors (Lipinski definition) is 1. The quantitative estimate of drug-likeness (QED) is 0.907. The molecule has 130 valence electrons. The molecule has 2 heterocycles. The molecule has 2 aliphatic heterocycles. The van der Waals surface area contributed by atoms with E-state index in [0.29, 0.717) is 56.5 Å². The SMILES string of the molecule is Cl.FC(F)(F)C[C@@H](c1cccc2c1OCCO2)N1CCNCC1. The van der Waals surface area contributed by atoms with E-state index in [-0.39, 0.29) is 12.4 Å². The second-order valence-electron chi connectivity index (χ2n) is 5.49. The Morgan fingerprint density at radius 1 is 1.13 bits per heavy atom. The topological polar surface area (TPSA) is 33.7 Å². The summed E-state index contributed by atoms with van der Waals surface area (Å²) in [6.07, 6.45) is -5.11. The van der Waals surface area contributed by atoms with Crippen LogP contribution in [0.2, 0.25) is 0 Å². The Kier molecular flexibility index (Phi) is 6.00. The largest absolute Gasteiger partial charge is 0.486 e. The van der Waals surface area contributed by atoms with Crippen molar-refractivity contribution in [2.75, 3.05) is 39.4 Å². The van der Waals surface area contributed by atoms with Crippen LogP contribution in [0.15, 0.2) is 18.2 Å². The van der Waals surface area contributed by atoms with E-state index in [4.69, 9.17) is 9.47 Å². The van der Waals surface area contributed by atoms with Crippen LogP contribution in [0.3, 0.4) is 0 Å². The van der Waals surface area contributed by atoms with Crippen LogP contribution in [-0.2, 0) is 0 Å². The summed E-state index contributed by atoms with van der Waals surface area (Å²) in [7, 11) is 0. The first kappa shape index (κ1) is 18.2. The first-order valence-electron chi connectivity index (χ1n) is 7.44. The Morgan fingerprint density at radius 2 is 1.83 bits per heavy atom. The second-order valence-corrected chi connectivity index (χ2v) is 5.49. The zero-order valence-corrected chi connectivity index (χ0v) is 13.4. The third-order valence-corrected chi connectivity index (χ3v) is 3.97. The van der Waals surface area contributed by atoms with Gasteiger partial charge in [0.05, 0.1) is 6.42 Å². The predicted molar refractivity (Wildman–Crippen MR) is 82.5 cm³/mol. The molecular weight excluding hydrogens is 333 g/mol. The van der Waals surface area contributed by atoms with Crippen molar-refractivity contribution in [2.45, 2.75) is 18.6 Å². The molecule has 0 saturated carbocycles. The summed E-state index contributed by atoms with van der Waals surface area (Å²) in [5.74, 6) is 0.993. The number of halogens is 4. The van der Waals surface area contributed by atoms with Crippen molar-refractivity contribution in [1.82, 2.24) is 10.2 Å². The van der Waals surface area contributed by atoms with Gasteiger partial charge < -0.3 is 14.8 Å². The van der Waals surface area contributed by atoms with Crippen LogP contribution >= 0.6 is 12.4 Å². The van der Waals surface area contributed by atoms with Gasteiger partial charge in [0.15, 0.2) is 11.5 Å². The molecule has 2 aliphatic rings. The second kappa shape index (κ2) is 7.59. The van der Waals surface area contributed by atoms with Crippen LogP contribution in [0.5, 0.6) is 11.5 Å². The molecule has 8 heteroatoms. The number of ether oxygens (including phenoxy) is 2. The van der Waals surface area contributed by atoms with Gasteiger partial charge in [0, 0.05) is 37.8 Å². The van der Waals surface area contributed by atoms with Gasteiger partial charge in [-0.15, -0.1) is 12.4 Å². The van der Waals surface area contributed by atoms with Gasteiger partial charge in [-0.05, 0) is 6.07 Å². The van der Waals surface area contributed by atoms with Crippen molar-refractivity contribution in [1.29, 1.82) is 0 Å². The molecular formula is C15H20ClF3N2O2. The molecule has 4 nitrogen and oxygen atoms in total. The highest BCUT2D eigenvalue weighted by Crippen LogP contribution is 2.42. The van der Waals surface area contributed by atoms with E-state index in [1.165, 1.54) is 0 Å². The molecule has 1 fully saturated rings. The van der Waals surface area contributed by atoms with Crippen LogP contribution in [0.25, 0.3) is 0 Å². The molecule has 0 unspecified atom stereocenters. The lowest BCUT2D eigenvalue weighted by atomic mass is 9.99. The number of para-hydroxylation sites is 1. The van der Waals surface area contributed by atoms with Gasteiger partial charge in [-0.25, -0.2) is 0 Å². The lowest BCUT2D eigenvalue weighted by molar-refractivity contribution is -0.148. The van der Waals surface area contributed by atoms with Crippen LogP contribution in [0.4, 0.5) is 13.2 Å². The van der Waals surface area contributed by atoms with Gasteiger partial charge in [-0.2, -0.15) is 13.2 Å². The van der Waals surface area contributed by atoms with Gasteiger partial charge in [0.25, 0.3) is 0 Å². The maximum absolute atomic E-state index is 13.1. The van der Waals surface area contributed by atoms with Crippen molar-refractivity contribution in [3.05, 3.63) is 23.8 Å². The highest BCUT2D eigenvalue weighted by atomic mass is 35.5. The molecule has 1 N–H and O–H groups in total. The highest BCUT2D eigenvalue weighted by Gasteiger charge is 2.38. The van der Waals surface area contributed by atoms with E-state index in [9.17, 15) is 13.2 Å². The molecule has 0 aromatic heterocycles. The van der Waals surface area contributed by atoms with Gasteiger partial charge >= 0.3 is 6.18 Å². The molecule has 0 radical (unpaired) electrons. The Morgan fingerprint density at radius 3 is 2.52 bits per heavy atom. The van der Waals surface area contributed by atoms with Crippen LogP contribution < -0.4 is 14.8 Å². The lowest BCUT2D eigenvalue weighted by Crippen LogP contribution is -2.46. The number of hydrogen-bond acceptors (Lipinski definition) is 4. The van der Waals surface area contributed by atoms with E-state index in [1.54, 1.807) is 18.2 Å². The number of nitrogens with zero attached hydrogens (tertiary/aromatic N) is 1. The molecule has 0 aliphatic carbocycles. The smallest absolute Gasteiger partial charge is 0.390 e. The molecule has 23 heavy (non-hydrogen) atoms. The molecule has 0 spiro atoms. The molecule has 1 atom stereocenters. The molecule has 1 saturated heterocycles. The van der Waals surface area contributed by atoms with Gasteiger partial charge in [-0.3, -0.25) is 4.90 Å². The average molecular weight is 353 g/mol. The molecule has 1 aromatic rings. The van der Waals surface area contributed by atoms with Crippen molar-refractivity contribution in [3.63, 3.8) is 0 Å². The fraction of sp³-hybridized carbons (Fsp3) is 0.600. The zero-order valence-electron chi connectivity index (χ0n) is 12.6. The summed E-state index contributed by atoms with van der Waals surface area (Å²) in [6, 6.07) is 4.44. The minimum absolute atomic E-state index is 0. The Bertz CT molecular complexity index is 522. The molecule has 3 rings (SSSR count). The Hall–Kier alpha value is -1.18. The summed E-state index contributed by atoms with van der Waals surface area (Å²) in [4.78, 5) is 1.87. The number of alkyl halides is 3. The maximum Gasteiger partial charge on any atom is 0.390 e. The Balaban J connectivity index is 0.00000192. The summed E-state index contributed by atoms with van der Waals surface area (Å²) in [6.45, 7) is 3.36. The highest BCUT2D eigenvalue weighted by molar-refractivity contribution is 5.85. The number of rotatable bonds is 3. The van der Waals surface area contributed by atoms with E-state index < -0.39 is 18.6 Å². The van der Waals surface area contributed by atoms with Crippen molar-refractivity contribution >= 4 is 12.4 Å². The molecule has 0 bridgehead atoms. The summed E-state index contributed by atoms with van der Waals surface area (Å²) in [5.41, 5.74) is 0.566. The predicted octanol–water partition coefficient (Wildman–Crippen LogP) is 2.78. The number of nitrogens with one attached hydrogen (secondary N) is 1. The minimum atomic E-state index is -4.23. The van der Waals surface area contributed by atoms with E-state index in [0.717, 1.165) is 0 Å². The van der Waals surface area contributed by atoms with Crippen LogP contribution in [-0.4, -0.2) is 50.5 Å². The fourth-order valence-corrected chi connectivity index (χ4v) is 3.01. The minimum Gasteiger partial charge on any atom is -0.486 e. The number of fused-ring (bicyclic) bond motifs is 1. The maximum atomic E-state index is 13.1. The van der Waals surface area contributed by atoms with Gasteiger partial charge in [0.2, 0.25) is 0 Å². The van der Waals surface area contributed by atoms with Gasteiger partial charge in [-0.1, -0.05) is 12.1 Å². The molecule has 1 aromatic carbocycles. The number of piperazine rings is 1. The summed E-state index contributed by atoms with van der Waals surface area (Å²) < 4.78 is 50.3. The summed E-state index contributed by atoms with van der Waals surface area (Å²) >= 11 is 0. The lowest BCUT2D eigenvalue weighted by Gasteiger charge is -2.37. The standard InChI is InChI=1S/C15H19F3N2O2.ClH/c16-15(17,18)10-12(20-6-4-19-5-7-20)11-2-1-3-13-14(11)22-9-8-21-13;/h1-3,12,19H,4-10H2;1H/t12-;/m0./s1. The van der Waals surface area contributed by atoms with Crippen LogP contribution in [0, 0.1) is 0 Å². The third kappa shape index (κ3) is 4.43. The van der Waals surface area contributed by atoms with E-state index in [2.05, 4.69) is 5.32 Å². The monoisotopic (exact) mass is 352 g/mol. The Labute approximate surface area is 139 Å². The molecule has 0 amide bonds. The zero-order chi connectivity index (χ0) is 15.6. The third-order valence-electron chi connectivity index (χ3n) is 3.97. The normalized spacial score (nSPS) is 19.8. The summed E-state index contributed by atoms with van der Waals surface area (Å²) in [5, 5.41) is 3.17. The average Bonchev–Trinajstić information content (AvgIpc) is 2.52. The van der Waals surface area contributed by atoms with Crippen LogP contribution in [0.1, 0.15) is 18.0 Å². The van der Waals surface area contributed by atoms with Crippen molar-refractivity contribution in [2.24, 2.45) is 0 Å². The first-order chi connectivity index (χ1) is 10.5. The van der Waals surface area contributed by atoms with E-state index >= 15 is 0 Å². The van der Waals surface area contributed by atoms with Crippen molar-refractivity contribution in [3.8, 4) is 11.5 Å². The van der Waals surface area contributed by atoms with Gasteiger partial charge in [0.1, 0.15) is 13.2 Å². The van der Waals surface area contributed by atoms with E-state index in [1.807, 2.05) is 4.90 Å². The fourth-order valence-electron chi connectivity index (χ4n) is 3.01. The number of benzene rings is 1.